The summed E-state index contributed by atoms with van der Waals surface area (Å²) >= 11 is 0. The van der Waals surface area contributed by atoms with Gasteiger partial charge in [-0.05, 0) is 62.8 Å². The number of nitrogens with one attached hydrogen (secondary N) is 2. The fourth-order valence-corrected chi connectivity index (χ4v) is 3.86. The van der Waals surface area contributed by atoms with Crippen LogP contribution in [0.4, 0.5) is 24.7 Å². The molecule has 0 saturated carbocycles. The molecule has 4 rings (SSSR count). The number of likely N-dealkylation sites (tertiary alicyclic amines) is 1. The van der Waals surface area contributed by atoms with E-state index in [0.717, 1.165) is 25.5 Å². The summed E-state index contributed by atoms with van der Waals surface area (Å²) in [7, 11) is 1.93. The second-order valence-corrected chi connectivity index (χ2v) is 8.20. The fraction of sp³-hybridized carbons (Fsp3) is 0.333. The lowest BCUT2D eigenvalue weighted by molar-refractivity contribution is -0.139. The first kappa shape index (κ1) is 24.4. The molecule has 2 aromatic heterocycles. The van der Waals surface area contributed by atoms with Gasteiger partial charge in [0.25, 0.3) is 5.91 Å². The van der Waals surface area contributed by atoms with Crippen LogP contribution in [-0.4, -0.2) is 52.0 Å². The first-order valence-corrected chi connectivity index (χ1v) is 11.1. The Kier molecular flexibility index (Phi) is 7.45. The maximum absolute atomic E-state index is 13.8. The second kappa shape index (κ2) is 10.7. The molecule has 1 fully saturated rings. The Hall–Kier alpha value is -3.73. The first-order valence-electron chi connectivity index (χ1n) is 11.1. The summed E-state index contributed by atoms with van der Waals surface area (Å²) in [5, 5.41) is 5.55. The smallest absolute Gasteiger partial charge is 0.420 e. The third-order valence-electron chi connectivity index (χ3n) is 5.78. The molecule has 2 N–H and O–H groups in total. The number of benzene rings is 1. The van der Waals surface area contributed by atoms with E-state index in [9.17, 15) is 18.0 Å². The van der Waals surface area contributed by atoms with Gasteiger partial charge in [0.05, 0.1) is 23.4 Å². The van der Waals surface area contributed by atoms with Crippen LogP contribution in [0.5, 0.6) is 5.75 Å². The quantitative estimate of drug-likeness (QED) is 0.492. The normalized spacial score (nSPS) is 16.2. The molecule has 1 aromatic carbocycles. The Morgan fingerprint density at radius 3 is 2.77 bits per heavy atom. The molecule has 0 aliphatic carbocycles. The molecule has 1 saturated heterocycles. The number of halogens is 3. The van der Waals surface area contributed by atoms with E-state index in [1.807, 2.05) is 7.05 Å². The number of hydrogen-bond donors (Lipinski definition) is 2. The van der Waals surface area contributed by atoms with Gasteiger partial charge in [-0.15, -0.1) is 0 Å². The molecule has 1 atom stereocenters. The molecule has 11 heteroatoms. The average Bonchev–Trinajstić information content (AvgIpc) is 3.26. The Morgan fingerprint density at radius 1 is 1.20 bits per heavy atom. The summed E-state index contributed by atoms with van der Waals surface area (Å²) in [5.41, 5.74) is -0.0755. The highest BCUT2D eigenvalue weighted by molar-refractivity contribution is 6.07. The summed E-state index contributed by atoms with van der Waals surface area (Å²) in [6.45, 7) is 1.36. The van der Waals surface area contributed by atoms with E-state index in [1.54, 1.807) is 18.3 Å². The molecular formula is C24H25F3N6O2. The Bertz CT molecular complexity index is 1160. The monoisotopic (exact) mass is 486 g/mol. The third kappa shape index (κ3) is 6.24. The van der Waals surface area contributed by atoms with Crippen molar-refractivity contribution in [1.82, 2.24) is 19.9 Å². The number of carbonyl (C=O) groups excluding carboxylic acids is 1. The minimum Gasteiger partial charge on any atom is -0.491 e. The van der Waals surface area contributed by atoms with Gasteiger partial charge in [0.2, 0.25) is 0 Å². The zero-order valence-electron chi connectivity index (χ0n) is 19.0. The maximum Gasteiger partial charge on any atom is 0.420 e. The van der Waals surface area contributed by atoms with Crippen LogP contribution < -0.4 is 15.4 Å². The van der Waals surface area contributed by atoms with E-state index in [1.165, 1.54) is 30.7 Å². The molecular weight excluding hydrogens is 461 g/mol. The topological polar surface area (TPSA) is 92.3 Å². The summed E-state index contributed by atoms with van der Waals surface area (Å²) in [6, 6.07) is 8.41. The Balaban J connectivity index is 1.48. The number of hydrogen-bond acceptors (Lipinski definition) is 7. The molecule has 1 aliphatic heterocycles. The van der Waals surface area contributed by atoms with Crippen molar-refractivity contribution in [2.24, 2.45) is 0 Å². The van der Waals surface area contributed by atoms with Gasteiger partial charge in [0.15, 0.2) is 0 Å². The number of carbonyl (C=O) groups is 1. The van der Waals surface area contributed by atoms with Gasteiger partial charge in [-0.1, -0.05) is 0 Å². The lowest BCUT2D eigenvalue weighted by Crippen LogP contribution is -2.31. The zero-order valence-corrected chi connectivity index (χ0v) is 19.0. The Labute approximate surface area is 200 Å². The molecule has 35 heavy (non-hydrogen) atoms. The van der Waals surface area contributed by atoms with E-state index >= 15 is 0 Å². The molecule has 1 amide bonds. The van der Waals surface area contributed by atoms with Gasteiger partial charge in [0.1, 0.15) is 24.5 Å². The molecule has 0 bridgehead atoms. The van der Waals surface area contributed by atoms with Gasteiger partial charge in [0, 0.05) is 24.1 Å². The van der Waals surface area contributed by atoms with Gasteiger partial charge in [-0.25, -0.2) is 15.0 Å². The van der Waals surface area contributed by atoms with Crippen molar-refractivity contribution >= 4 is 17.4 Å². The van der Waals surface area contributed by atoms with Gasteiger partial charge in [-0.2, -0.15) is 13.2 Å². The van der Waals surface area contributed by atoms with Crippen LogP contribution in [-0.2, 0) is 12.7 Å². The lowest BCUT2D eigenvalue weighted by atomic mass is 10.1. The summed E-state index contributed by atoms with van der Waals surface area (Å²) < 4.78 is 46.8. The van der Waals surface area contributed by atoms with E-state index in [0.29, 0.717) is 12.2 Å². The van der Waals surface area contributed by atoms with E-state index < -0.39 is 17.6 Å². The van der Waals surface area contributed by atoms with Crippen molar-refractivity contribution in [2.75, 3.05) is 30.8 Å². The highest BCUT2D eigenvalue weighted by atomic mass is 19.4. The van der Waals surface area contributed by atoms with Crippen LogP contribution in [0.25, 0.3) is 0 Å². The van der Waals surface area contributed by atoms with Crippen molar-refractivity contribution in [1.29, 1.82) is 0 Å². The Morgan fingerprint density at radius 2 is 2.06 bits per heavy atom. The highest BCUT2D eigenvalue weighted by Crippen LogP contribution is 2.38. The lowest BCUT2D eigenvalue weighted by Gasteiger charge is -2.21. The fourth-order valence-electron chi connectivity index (χ4n) is 3.86. The maximum atomic E-state index is 13.8. The molecule has 184 valence electrons. The number of likely N-dealkylation sites (N-methyl/N-ethyl adjacent to an activating group) is 1. The predicted molar refractivity (Wildman–Crippen MR) is 124 cm³/mol. The summed E-state index contributed by atoms with van der Waals surface area (Å²) in [4.78, 5) is 27.1. The number of pyridine rings is 1. The van der Waals surface area contributed by atoms with E-state index in [4.69, 9.17) is 4.74 Å². The minimum atomic E-state index is -4.64. The molecule has 3 heterocycles. The van der Waals surface area contributed by atoms with Crippen LogP contribution >= 0.6 is 0 Å². The number of rotatable bonds is 8. The van der Waals surface area contributed by atoms with Crippen molar-refractivity contribution in [3.63, 3.8) is 0 Å². The predicted octanol–water partition coefficient (Wildman–Crippen LogP) is 4.23. The van der Waals surface area contributed by atoms with Gasteiger partial charge in [-0.3, -0.25) is 4.79 Å². The van der Waals surface area contributed by atoms with Crippen LogP contribution in [0.2, 0.25) is 0 Å². The van der Waals surface area contributed by atoms with Gasteiger partial charge < -0.3 is 20.3 Å². The molecule has 3 aromatic rings. The molecule has 1 unspecified atom stereocenters. The second-order valence-electron chi connectivity index (χ2n) is 8.20. The molecule has 0 radical (unpaired) electrons. The number of alkyl halides is 3. The van der Waals surface area contributed by atoms with E-state index in [2.05, 4.69) is 30.5 Å². The number of amides is 1. The van der Waals surface area contributed by atoms with Crippen LogP contribution in [0.15, 0.2) is 55.1 Å². The van der Waals surface area contributed by atoms with E-state index in [-0.39, 0.29) is 35.5 Å². The van der Waals surface area contributed by atoms with Gasteiger partial charge >= 0.3 is 6.18 Å². The first-order chi connectivity index (χ1) is 16.8. The molecule has 0 spiro atoms. The number of aromatic nitrogens is 3. The van der Waals surface area contributed by atoms with Crippen LogP contribution in [0, 0.1) is 0 Å². The number of anilines is 2. The zero-order chi connectivity index (χ0) is 24.8. The van der Waals surface area contributed by atoms with Crippen molar-refractivity contribution in [3.05, 3.63) is 71.9 Å². The van der Waals surface area contributed by atoms with Crippen molar-refractivity contribution < 1.29 is 22.7 Å². The number of ether oxygens (including phenoxy) is 1. The standard InChI is InChI=1S/C24H25F3N6O2/c1-33-11-3-4-18(33)14-35-21-7-6-16(12-20(21)24(25,26)27)32-23(34)19-5-2-9-29-22(19)30-13-17-8-10-28-15-31-17/h2,5-10,12,15,18H,3-4,11,13-14H2,1H3,(H,29,30)(H,32,34). The molecule has 8 nitrogen and oxygen atoms in total. The van der Waals surface area contributed by atoms with Crippen molar-refractivity contribution in [3.8, 4) is 5.75 Å². The SMILES string of the molecule is CN1CCCC1COc1ccc(NC(=O)c2cccnc2NCc2ccncn2)cc1C(F)(F)F. The summed E-state index contributed by atoms with van der Waals surface area (Å²) in [6.07, 6.45) is 1.73. The van der Waals surface area contributed by atoms with Crippen LogP contribution in [0.3, 0.4) is 0 Å². The summed E-state index contributed by atoms with van der Waals surface area (Å²) in [5.74, 6) is -0.581. The largest absolute Gasteiger partial charge is 0.491 e. The third-order valence-corrected chi connectivity index (χ3v) is 5.78. The minimum absolute atomic E-state index is 0.00161. The average molecular weight is 486 g/mol. The van der Waals surface area contributed by atoms with Crippen molar-refractivity contribution in [2.45, 2.75) is 31.6 Å². The molecule has 1 aliphatic rings. The number of nitrogens with zero attached hydrogens (tertiary/aromatic N) is 4. The highest BCUT2D eigenvalue weighted by Gasteiger charge is 2.35. The van der Waals surface area contributed by atoms with Crippen LogP contribution in [0.1, 0.15) is 34.5 Å².